The lowest BCUT2D eigenvalue weighted by Gasteiger charge is -2.36. The number of piperazine rings is 1. The standard InChI is InChI=1S/C18H22N4O3/c1-13-15(17(24)20-18(25)19-13)7-8-16(23)22-11-9-21(10-12-22)14-5-3-2-4-6-14/h2-6H,7-12H2,1H3,(H2,19,20,24,25). The van der Waals surface area contributed by atoms with Gasteiger partial charge in [0.25, 0.3) is 5.56 Å². The number of nitrogens with zero attached hydrogens (tertiary/aromatic N) is 2. The molecule has 1 aromatic carbocycles. The zero-order valence-electron chi connectivity index (χ0n) is 14.2. The number of amides is 1. The summed E-state index contributed by atoms with van der Waals surface area (Å²) in [7, 11) is 0. The number of aromatic amines is 2. The average molecular weight is 342 g/mol. The molecule has 0 saturated carbocycles. The molecule has 1 aliphatic rings. The zero-order chi connectivity index (χ0) is 17.8. The molecule has 3 rings (SSSR count). The van der Waals surface area contributed by atoms with Gasteiger partial charge in [0.05, 0.1) is 0 Å². The van der Waals surface area contributed by atoms with Crippen LogP contribution in [0.5, 0.6) is 0 Å². The average Bonchev–Trinajstić information content (AvgIpc) is 2.61. The molecule has 0 radical (unpaired) electrons. The highest BCUT2D eigenvalue weighted by molar-refractivity contribution is 5.76. The number of carbonyl (C=O) groups excluding carboxylic acids is 1. The van der Waals surface area contributed by atoms with Gasteiger partial charge >= 0.3 is 5.69 Å². The fourth-order valence-electron chi connectivity index (χ4n) is 3.17. The minimum absolute atomic E-state index is 0.0395. The molecular weight excluding hydrogens is 320 g/mol. The predicted molar refractivity (Wildman–Crippen MR) is 96.0 cm³/mol. The van der Waals surface area contributed by atoms with Crippen LogP contribution in [-0.2, 0) is 11.2 Å². The van der Waals surface area contributed by atoms with Gasteiger partial charge in [-0.2, -0.15) is 0 Å². The molecule has 0 atom stereocenters. The summed E-state index contributed by atoms with van der Waals surface area (Å²) in [5.41, 5.74) is 1.23. The van der Waals surface area contributed by atoms with Crippen LogP contribution in [0.25, 0.3) is 0 Å². The van der Waals surface area contributed by atoms with Crippen LogP contribution in [0, 0.1) is 6.92 Å². The molecule has 0 unspecified atom stereocenters. The van der Waals surface area contributed by atoms with Crippen molar-refractivity contribution in [3.05, 3.63) is 62.4 Å². The normalized spacial score (nSPS) is 14.6. The van der Waals surface area contributed by atoms with Gasteiger partial charge in [0.15, 0.2) is 0 Å². The molecule has 1 fully saturated rings. The molecule has 1 aliphatic heterocycles. The van der Waals surface area contributed by atoms with Crippen molar-refractivity contribution in [2.45, 2.75) is 19.8 Å². The fraction of sp³-hybridized carbons (Fsp3) is 0.389. The predicted octanol–water partition coefficient (Wildman–Crippen LogP) is 0.653. The van der Waals surface area contributed by atoms with Crippen LogP contribution >= 0.6 is 0 Å². The minimum atomic E-state index is -0.519. The lowest BCUT2D eigenvalue weighted by atomic mass is 10.1. The van der Waals surface area contributed by atoms with Crippen molar-refractivity contribution in [2.75, 3.05) is 31.1 Å². The monoisotopic (exact) mass is 342 g/mol. The van der Waals surface area contributed by atoms with Crippen molar-refractivity contribution in [1.29, 1.82) is 0 Å². The maximum atomic E-state index is 12.4. The second kappa shape index (κ2) is 7.38. The Morgan fingerprint density at radius 2 is 1.72 bits per heavy atom. The minimum Gasteiger partial charge on any atom is -0.368 e. The topological polar surface area (TPSA) is 89.3 Å². The number of hydrogen-bond acceptors (Lipinski definition) is 4. The van der Waals surface area contributed by atoms with Gasteiger partial charge in [-0.3, -0.25) is 14.6 Å². The first-order valence-electron chi connectivity index (χ1n) is 8.44. The Kier molecular flexibility index (Phi) is 5.02. The Labute approximate surface area is 145 Å². The second-order valence-electron chi connectivity index (χ2n) is 6.22. The first kappa shape index (κ1) is 17.0. The lowest BCUT2D eigenvalue weighted by molar-refractivity contribution is -0.131. The van der Waals surface area contributed by atoms with E-state index in [1.807, 2.05) is 23.1 Å². The number of benzene rings is 1. The summed E-state index contributed by atoms with van der Waals surface area (Å²) in [5.74, 6) is 0.0395. The van der Waals surface area contributed by atoms with Crippen molar-refractivity contribution in [1.82, 2.24) is 14.9 Å². The Balaban J connectivity index is 1.55. The second-order valence-corrected chi connectivity index (χ2v) is 6.22. The highest BCUT2D eigenvalue weighted by Crippen LogP contribution is 2.16. The van der Waals surface area contributed by atoms with Gasteiger partial charge < -0.3 is 14.8 Å². The fourth-order valence-corrected chi connectivity index (χ4v) is 3.17. The van der Waals surface area contributed by atoms with Crippen LogP contribution in [0.3, 0.4) is 0 Å². The van der Waals surface area contributed by atoms with E-state index in [4.69, 9.17) is 0 Å². The van der Waals surface area contributed by atoms with E-state index < -0.39 is 11.2 Å². The van der Waals surface area contributed by atoms with E-state index in [1.54, 1.807) is 6.92 Å². The highest BCUT2D eigenvalue weighted by Gasteiger charge is 2.21. The summed E-state index contributed by atoms with van der Waals surface area (Å²) in [6.45, 7) is 4.63. The molecule has 2 heterocycles. The van der Waals surface area contributed by atoms with Crippen molar-refractivity contribution in [3.8, 4) is 0 Å². The van der Waals surface area contributed by atoms with E-state index in [-0.39, 0.29) is 12.3 Å². The van der Waals surface area contributed by atoms with E-state index in [2.05, 4.69) is 27.0 Å². The summed E-state index contributed by atoms with van der Waals surface area (Å²) < 4.78 is 0. The van der Waals surface area contributed by atoms with Crippen LogP contribution in [0.15, 0.2) is 39.9 Å². The van der Waals surface area contributed by atoms with Gasteiger partial charge in [0.1, 0.15) is 0 Å². The maximum Gasteiger partial charge on any atom is 0.325 e. The Hall–Kier alpha value is -2.83. The van der Waals surface area contributed by atoms with E-state index >= 15 is 0 Å². The summed E-state index contributed by atoms with van der Waals surface area (Å²) in [4.78, 5) is 44.4. The molecule has 7 nitrogen and oxygen atoms in total. The van der Waals surface area contributed by atoms with Gasteiger partial charge in [-0.15, -0.1) is 0 Å². The number of aryl methyl sites for hydroxylation is 1. The Morgan fingerprint density at radius 1 is 1.04 bits per heavy atom. The van der Waals surface area contributed by atoms with Gasteiger partial charge in [-0.25, -0.2) is 4.79 Å². The molecule has 7 heteroatoms. The number of para-hydroxylation sites is 1. The molecule has 1 saturated heterocycles. The Bertz CT molecular complexity index is 849. The number of nitrogens with one attached hydrogen (secondary N) is 2. The first-order chi connectivity index (χ1) is 12.0. The Morgan fingerprint density at radius 3 is 2.36 bits per heavy atom. The third kappa shape index (κ3) is 3.99. The van der Waals surface area contributed by atoms with Crippen LogP contribution in [-0.4, -0.2) is 47.0 Å². The van der Waals surface area contributed by atoms with Crippen LogP contribution < -0.4 is 16.1 Å². The number of aromatic nitrogens is 2. The first-order valence-corrected chi connectivity index (χ1v) is 8.44. The molecule has 25 heavy (non-hydrogen) atoms. The summed E-state index contributed by atoms with van der Waals surface area (Å²) in [6.07, 6.45) is 0.594. The van der Waals surface area contributed by atoms with Crippen molar-refractivity contribution >= 4 is 11.6 Å². The molecule has 0 bridgehead atoms. The summed E-state index contributed by atoms with van der Waals surface area (Å²) >= 11 is 0. The molecule has 1 amide bonds. The number of anilines is 1. The van der Waals surface area contributed by atoms with Gasteiger partial charge in [0.2, 0.25) is 5.91 Å². The molecule has 2 N–H and O–H groups in total. The number of carbonyl (C=O) groups is 1. The van der Waals surface area contributed by atoms with E-state index in [1.165, 1.54) is 5.69 Å². The lowest BCUT2D eigenvalue weighted by Crippen LogP contribution is -2.48. The van der Waals surface area contributed by atoms with Crippen LogP contribution in [0.1, 0.15) is 17.7 Å². The zero-order valence-corrected chi connectivity index (χ0v) is 14.2. The number of H-pyrrole nitrogens is 2. The molecule has 1 aromatic heterocycles. The van der Waals surface area contributed by atoms with E-state index in [9.17, 15) is 14.4 Å². The quantitative estimate of drug-likeness (QED) is 0.854. The third-order valence-electron chi connectivity index (χ3n) is 4.60. The van der Waals surface area contributed by atoms with Crippen LogP contribution in [0.2, 0.25) is 0 Å². The van der Waals surface area contributed by atoms with Crippen molar-refractivity contribution in [2.24, 2.45) is 0 Å². The molecule has 0 aliphatic carbocycles. The van der Waals surface area contributed by atoms with Crippen LogP contribution in [0.4, 0.5) is 5.69 Å². The summed E-state index contributed by atoms with van der Waals surface area (Å²) in [5, 5.41) is 0. The molecule has 132 valence electrons. The van der Waals surface area contributed by atoms with Crippen molar-refractivity contribution in [3.63, 3.8) is 0 Å². The molecule has 2 aromatic rings. The molecular formula is C18H22N4O3. The highest BCUT2D eigenvalue weighted by atomic mass is 16.2. The smallest absolute Gasteiger partial charge is 0.325 e. The van der Waals surface area contributed by atoms with E-state index in [0.29, 0.717) is 30.8 Å². The number of rotatable bonds is 4. The van der Waals surface area contributed by atoms with Crippen molar-refractivity contribution < 1.29 is 4.79 Å². The van der Waals surface area contributed by atoms with Gasteiger partial charge in [-0.05, 0) is 25.5 Å². The van der Waals surface area contributed by atoms with Gasteiger partial charge in [-0.1, -0.05) is 18.2 Å². The largest absolute Gasteiger partial charge is 0.368 e. The third-order valence-corrected chi connectivity index (χ3v) is 4.60. The van der Waals surface area contributed by atoms with E-state index in [0.717, 1.165) is 13.1 Å². The molecule has 0 spiro atoms. The number of hydrogen-bond donors (Lipinski definition) is 2. The maximum absolute atomic E-state index is 12.4. The summed E-state index contributed by atoms with van der Waals surface area (Å²) in [6, 6.07) is 10.2. The van der Waals surface area contributed by atoms with Gasteiger partial charge in [0, 0.05) is 49.5 Å². The SMILES string of the molecule is Cc1[nH]c(=O)[nH]c(=O)c1CCC(=O)N1CCN(c2ccccc2)CC1.